The van der Waals surface area contributed by atoms with Gasteiger partial charge in [-0.2, -0.15) is 0 Å². The standard InChI is InChI=1S/C20H18N2O3S/c23-18-13-26-20(25)22(18)12-14-5-3-7-16(11-14)19(24)21-10-4-8-15-6-1-2-9-17(15)21/h1-3,5-7,9,11H,4,8,10,12-13H2. The van der Waals surface area contributed by atoms with Gasteiger partial charge < -0.3 is 4.90 Å². The van der Waals surface area contributed by atoms with E-state index >= 15 is 0 Å². The lowest BCUT2D eigenvalue weighted by Gasteiger charge is -2.29. The van der Waals surface area contributed by atoms with Crippen molar-refractivity contribution in [3.63, 3.8) is 0 Å². The zero-order valence-electron chi connectivity index (χ0n) is 14.2. The van der Waals surface area contributed by atoms with Crippen LogP contribution in [0.2, 0.25) is 0 Å². The number of thioether (sulfide) groups is 1. The molecule has 2 aromatic rings. The fraction of sp³-hybridized carbons (Fsp3) is 0.250. The summed E-state index contributed by atoms with van der Waals surface area (Å²) >= 11 is 1.02. The van der Waals surface area contributed by atoms with E-state index in [1.807, 2.05) is 29.2 Å². The van der Waals surface area contributed by atoms with Crippen molar-refractivity contribution in [2.75, 3.05) is 17.2 Å². The Morgan fingerprint density at radius 1 is 1.08 bits per heavy atom. The first-order valence-electron chi connectivity index (χ1n) is 8.59. The van der Waals surface area contributed by atoms with Crippen molar-refractivity contribution in [2.45, 2.75) is 19.4 Å². The van der Waals surface area contributed by atoms with Crippen LogP contribution in [0.15, 0.2) is 48.5 Å². The van der Waals surface area contributed by atoms with Gasteiger partial charge in [0, 0.05) is 17.8 Å². The Morgan fingerprint density at radius 2 is 1.92 bits per heavy atom. The molecule has 2 heterocycles. The number of rotatable bonds is 3. The van der Waals surface area contributed by atoms with E-state index in [0.717, 1.165) is 35.9 Å². The zero-order valence-corrected chi connectivity index (χ0v) is 15.0. The van der Waals surface area contributed by atoms with E-state index in [1.165, 1.54) is 10.5 Å². The highest BCUT2D eigenvalue weighted by molar-refractivity contribution is 8.14. The first-order valence-corrected chi connectivity index (χ1v) is 9.58. The maximum Gasteiger partial charge on any atom is 0.289 e. The third-order valence-corrected chi connectivity index (χ3v) is 5.57. The van der Waals surface area contributed by atoms with Crippen LogP contribution in [-0.2, 0) is 17.8 Å². The topological polar surface area (TPSA) is 57.7 Å². The minimum Gasteiger partial charge on any atom is -0.308 e. The summed E-state index contributed by atoms with van der Waals surface area (Å²) in [5.41, 5.74) is 3.51. The first kappa shape index (κ1) is 16.8. The Hall–Kier alpha value is -2.60. The van der Waals surface area contributed by atoms with E-state index in [0.29, 0.717) is 12.1 Å². The van der Waals surface area contributed by atoms with Crippen LogP contribution in [0, 0.1) is 0 Å². The average Bonchev–Trinajstić information content (AvgIpc) is 2.99. The van der Waals surface area contributed by atoms with Crippen molar-refractivity contribution in [3.8, 4) is 0 Å². The smallest absolute Gasteiger partial charge is 0.289 e. The lowest BCUT2D eigenvalue weighted by molar-refractivity contribution is -0.125. The maximum atomic E-state index is 13.1. The second-order valence-corrected chi connectivity index (χ2v) is 7.35. The second kappa shape index (κ2) is 6.96. The molecule has 0 bridgehead atoms. The summed E-state index contributed by atoms with van der Waals surface area (Å²) in [7, 11) is 0. The van der Waals surface area contributed by atoms with E-state index < -0.39 is 0 Å². The minimum atomic E-state index is -0.225. The summed E-state index contributed by atoms with van der Waals surface area (Å²) < 4.78 is 0. The minimum absolute atomic E-state index is 0.0487. The van der Waals surface area contributed by atoms with Gasteiger partial charge in [0.1, 0.15) is 0 Å². The highest BCUT2D eigenvalue weighted by atomic mass is 32.2. The molecular weight excluding hydrogens is 348 g/mol. The Bertz CT molecular complexity index is 880. The van der Waals surface area contributed by atoms with E-state index in [-0.39, 0.29) is 29.4 Å². The maximum absolute atomic E-state index is 13.1. The molecule has 6 heteroatoms. The van der Waals surface area contributed by atoms with Crippen molar-refractivity contribution in [1.29, 1.82) is 0 Å². The van der Waals surface area contributed by atoms with Crippen LogP contribution in [0.4, 0.5) is 10.5 Å². The monoisotopic (exact) mass is 366 g/mol. The number of para-hydroxylation sites is 1. The second-order valence-electron chi connectivity index (χ2n) is 6.42. The summed E-state index contributed by atoms with van der Waals surface area (Å²) in [6.07, 6.45) is 1.92. The third kappa shape index (κ3) is 3.12. The summed E-state index contributed by atoms with van der Waals surface area (Å²) in [4.78, 5) is 39.7. The number of carbonyl (C=O) groups excluding carboxylic acids is 3. The van der Waals surface area contributed by atoms with Crippen LogP contribution in [0.25, 0.3) is 0 Å². The van der Waals surface area contributed by atoms with Crippen LogP contribution in [0.5, 0.6) is 0 Å². The molecule has 0 aliphatic carbocycles. The summed E-state index contributed by atoms with van der Waals surface area (Å²) in [5, 5.41) is -0.225. The van der Waals surface area contributed by atoms with Crippen molar-refractivity contribution >= 4 is 34.5 Å². The number of anilines is 1. The molecule has 3 amide bonds. The number of benzene rings is 2. The van der Waals surface area contributed by atoms with Crippen molar-refractivity contribution in [1.82, 2.24) is 4.90 Å². The fourth-order valence-electron chi connectivity index (χ4n) is 3.42. The normalized spacial score (nSPS) is 16.8. The van der Waals surface area contributed by atoms with Gasteiger partial charge in [-0.3, -0.25) is 19.3 Å². The molecule has 4 rings (SSSR count). The van der Waals surface area contributed by atoms with Gasteiger partial charge in [0.25, 0.3) is 11.1 Å². The molecule has 0 radical (unpaired) electrons. The highest BCUT2D eigenvalue weighted by Gasteiger charge is 2.30. The SMILES string of the molecule is O=C1CSC(=O)N1Cc1cccc(C(=O)N2CCCc3ccccc32)c1. The molecule has 1 fully saturated rings. The third-order valence-electron chi connectivity index (χ3n) is 4.71. The zero-order chi connectivity index (χ0) is 18.1. The predicted molar refractivity (Wildman–Crippen MR) is 101 cm³/mol. The van der Waals surface area contributed by atoms with Crippen LogP contribution in [0.1, 0.15) is 27.9 Å². The molecule has 2 aromatic carbocycles. The Labute approximate surface area is 156 Å². The molecule has 1 saturated heterocycles. The lowest BCUT2D eigenvalue weighted by Crippen LogP contribution is -2.35. The molecule has 2 aliphatic rings. The van der Waals surface area contributed by atoms with Crippen LogP contribution in [0.3, 0.4) is 0 Å². The molecular formula is C20H18N2O3S. The quantitative estimate of drug-likeness (QED) is 0.835. The number of imide groups is 1. The molecule has 132 valence electrons. The number of hydrogen-bond donors (Lipinski definition) is 0. The highest BCUT2D eigenvalue weighted by Crippen LogP contribution is 2.28. The van der Waals surface area contributed by atoms with E-state index in [4.69, 9.17) is 0 Å². The van der Waals surface area contributed by atoms with Gasteiger partial charge in [0.15, 0.2) is 0 Å². The predicted octanol–water partition coefficient (Wildman–Crippen LogP) is 3.48. The molecule has 0 atom stereocenters. The van der Waals surface area contributed by atoms with Crippen LogP contribution >= 0.6 is 11.8 Å². The summed E-state index contributed by atoms with van der Waals surface area (Å²) in [5.74, 6) is -0.0312. The fourth-order valence-corrected chi connectivity index (χ4v) is 4.14. The lowest BCUT2D eigenvalue weighted by atomic mass is 10.0. The number of amides is 3. The van der Waals surface area contributed by atoms with E-state index in [2.05, 4.69) is 6.07 Å². The van der Waals surface area contributed by atoms with Gasteiger partial charge in [-0.1, -0.05) is 42.1 Å². The molecule has 0 saturated carbocycles. The van der Waals surface area contributed by atoms with Crippen LogP contribution < -0.4 is 4.90 Å². The number of hydrogen-bond acceptors (Lipinski definition) is 4. The summed E-state index contributed by atoms with van der Waals surface area (Å²) in [6.45, 7) is 0.905. The molecule has 0 aromatic heterocycles. The first-order chi connectivity index (χ1) is 12.6. The van der Waals surface area contributed by atoms with Crippen molar-refractivity contribution < 1.29 is 14.4 Å². The van der Waals surface area contributed by atoms with Crippen molar-refractivity contribution in [3.05, 3.63) is 65.2 Å². The summed E-state index contributed by atoms with van der Waals surface area (Å²) in [6, 6.07) is 15.2. The van der Waals surface area contributed by atoms with Gasteiger partial charge in [0.05, 0.1) is 12.3 Å². The Morgan fingerprint density at radius 3 is 2.73 bits per heavy atom. The van der Waals surface area contributed by atoms with E-state index in [1.54, 1.807) is 18.2 Å². The number of nitrogens with zero attached hydrogens (tertiary/aromatic N) is 2. The largest absolute Gasteiger partial charge is 0.308 e. The van der Waals surface area contributed by atoms with Crippen molar-refractivity contribution in [2.24, 2.45) is 0 Å². The molecule has 0 unspecified atom stereocenters. The molecule has 5 nitrogen and oxygen atoms in total. The van der Waals surface area contributed by atoms with Crippen LogP contribution in [-0.4, -0.2) is 34.3 Å². The molecule has 0 spiro atoms. The van der Waals surface area contributed by atoms with Gasteiger partial charge in [-0.15, -0.1) is 0 Å². The number of carbonyl (C=O) groups is 3. The molecule has 0 N–H and O–H groups in total. The van der Waals surface area contributed by atoms with Gasteiger partial charge in [-0.25, -0.2) is 0 Å². The molecule has 26 heavy (non-hydrogen) atoms. The van der Waals surface area contributed by atoms with Gasteiger partial charge in [-0.05, 0) is 42.2 Å². The Kier molecular flexibility index (Phi) is 4.51. The van der Waals surface area contributed by atoms with Gasteiger partial charge >= 0.3 is 0 Å². The number of fused-ring (bicyclic) bond motifs is 1. The van der Waals surface area contributed by atoms with E-state index in [9.17, 15) is 14.4 Å². The number of aryl methyl sites for hydroxylation is 1. The molecule has 2 aliphatic heterocycles. The van der Waals surface area contributed by atoms with Gasteiger partial charge in [0.2, 0.25) is 5.91 Å². The average molecular weight is 366 g/mol. The Balaban J connectivity index is 1.58.